The number of amides is 2. The van der Waals surface area contributed by atoms with Crippen LogP contribution in [-0.4, -0.2) is 31.3 Å². The van der Waals surface area contributed by atoms with Crippen molar-refractivity contribution in [3.05, 3.63) is 23.8 Å². The van der Waals surface area contributed by atoms with Crippen molar-refractivity contribution in [3.8, 4) is 5.75 Å². The molecular formula is C15H20N2O4. The third-order valence-corrected chi connectivity index (χ3v) is 3.06. The lowest BCUT2D eigenvalue weighted by Gasteiger charge is -2.20. The van der Waals surface area contributed by atoms with Gasteiger partial charge in [0, 0.05) is 12.2 Å². The normalized spacial score (nSPS) is 17.0. The number of nitrogens with one attached hydrogen (secondary N) is 2. The molecule has 2 amide bonds. The van der Waals surface area contributed by atoms with Gasteiger partial charge >= 0.3 is 6.09 Å². The lowest BCUT2D eigenvalue weighted by atomic mass is 10.0. The van der Waals surface area contributed by atoms with Crippen LogP contribution >= 0.6 is 0 Å². The number of alkyl carbamates (subject to hydrolysis) is 1. The van der Waals surface area contributed by atoms with Crippen molar-refractivity contribution in [2.45, 2.75) is 32.3 Å². The van der Waals surface area contributed by atoms with Crippen molar-refractivity contribution in [2.24, 2.45) is 0 Å². The molecule has 0 saturated carbocycles. The second-order valence-electron chi connectivity index (χ2n) is 5.88. The number of fused-ring (bicyclic) bond motifs is 1. The van der Waals surface area contributed by atoms with E-state index >= 15 is 0 Å². The van der Waals surface area contributed by atoms with Crippen molar-refractivity contribution in [1.29, 1.82) is 0 Å². The van der Waals surface area contributed by atoms with Gasteiger partial charge in [0.25, 0.3) is 0 Å². The number of ether oxygens (including phenoxy) is 2. The predicted molar refractivity (Wildman–Crippen MR) is 78.6 cm³/mol. The predicted octanol–water partition coefficient (Wildman–Crippen LogP) is 2.26. The molecule has 1 heterocycles. The van der Waals surface area contributed by atoms with E-state index in [1.807, 2.05) is 0 Å². The third-order valence-electron chi connectivity index (χ3n) is 3.06. The van der Waals surface area contributed by atoms with Crippen LogP contribution in [-0.2, 0) is 9.53 Å². The zero-order valence-electron chi connectivity index (χ0n) is 12.6. The Morgan fingerprint density at radius 3 is 2.71 bits per heavy atom. The Morgan fingerprint density at radius 2 is 2.10 bits per heavy atom. The van der Waals surface area contributed by atoms with Gasteiger partial charge in [0.05, 0.1) is 13.0 Å². The number of hydrogen-bond donors (Lipinski definition) is 2. The Balaban J connectivity index is 2.05. The third kappa shape index (κ3) is 3.65. The summed E-state index contributed by atoms with van der Waals surface area (Å²) in [5.41, 5.74) is 0.996. The highest BCUT2D eigenvalue weighted by Gasteiger charge is 2.31. The maximum Gasteiger partial charge on any atom is 0.407 e. The number of carbonyl (C=O) groups is 2. The summed E-state index contributed by atoms with van der Waals surface area (Å²) >= 11 is 0. The molecule has 2 N–H and O–H groups in total. The van der Waals surface area contributed by atoms with Gasteiger partial charge in [-0.1, -0.05) is 0 Å². The number of hydrogen-bond acceptors (Lipinski definition) is 4. The Morgan fingerprint density at radius 1 is 1.38 bits per heavy atom. The molecule has 1 aliphatic rings. The van der Waals surface area contributed by atoms with Gasteiger partial charge in [-0.25, -0.2) is 4.79 Å². The van der Waals surface area contributed by atoms with E-state index in [9.17, 15) is 9.59 Å². The topological polar surface area (TPSA) is 76.7 Å². The number of methoxy groups -OCH3 is 1. The van der Waals surface area contributed by atoms with E-state index in [4.69, 9.17) is 9.47 Å². The number of benzene rings is 1. The molecular weight excluding hydrogens is 272 g/mol. The van der Waals surface area contributed by atoms with Crippen LogP contribution < -0.4 is 15.4 Å². The molecule has 6 heteroatoms. The van der Waals surface area contributed by atoms with Crippen LogP contribution in [0.5, 0.6) is 5.75 Å². The average molecular weight is 292 g/mol. The molecule has 6 nitrogen and oxygen atoms in total. The Labute approximate surface area is 123 Å². The first-order valence-corrected chi connectivity index (χ1v) is 6.76. The lowest BCUT2D eigenvalue weighted by molar-refractivity contribution is -0.116. The highest BCUT2D eigenvalue weighted by atomic mass is 16.6. The molecule has 0 aromatic heterocycles. The molecule has 0 saturated heterocycles. The highest BCUT2D eigenvalue weighted by molar-refractivity contribution is 6.03. The number of anilines is 1. The lowest BCUT2D eigenvalue weighted by Crippen LogP contribution is -2.36. The Bertz CT molecular complexity index is 563. The fourth-order valence-corrected chi connectivity index (χ4v) is 2.13. The van der Waals surface area contributed by atoms with Gasteiger partial charge in [-0.05, 0) is 44.5 Å². The minimum atomic E-state index is -0.566. The average Bonchev–Trinajstić information content (AvgIpc) is 2.69. The van der Waals surface area contributed by atoms with Gasteiger partial charge in [-0.15, -0.1) is 0 Å². The summed E-state index contributed by atoms with van der Waals surface area (Å²) in [4.78, 5) is 23.7. The number of rotatable bonds is 3. The summed E-state index contributed by atoms with van der Waals surface area (Å²) in [5, 5.41) is 5.41. The van der Waals surface area contributed by atoms with Crippen molar-refractivity contribution < 1.29 is 19.1 Å². The Hall–Kier alpha value is -2.24. The van der Waals surface area contributed by atoms with Gasteiger partial charge < -0.3 is 20.1 Å². The van der Waals surface area contributed by atoms with Crippen molar-refractivity contribution in [3.63, 3.8) is 0 Å². The zero-order chi connectivity index (χ0) is 15.6. The van der Waals surface area contributed by atoms with E-state index in [1.165, 1.54) is 0 Å². The van der Waals surface area contributed by atoms with Crippen LogP contribution in [0, 0.1) is 0 Å². The molecule has 21 heavy (non-hydrogen) atoms. The van der Waals surface area contributed by atoms with E-state index in [1.54, 1.807) is 46.1 Å². The van der Waals surface area contributed by atoms with Gasteiger partial charge in [-0.2, -0.15) is 0 Å². The van der Waals surface area contributed by atoms with Crippen LogP contribution in [0.1, 0.15) is 32.3 Å². The van der Waals surface area contributed by atoms with Crippen LogP contribution in [0.3, 0.4) is 0 Å². The summed E-state index contributed by atoms with van der Waals surface area (Å²) < 4.78 is 10.3. The second-order valence-corrected chi connectivity index (χ2v) is 5.88. The molecule has 0 bridgehead atoms. The van der Waals surface area contributed by atoms with Crippen LogP contribution in [0.25, 0.3) is 0 Å². The van der Waals surface area contributed by atoms with Gasteiger partial charge in [0.15, 0.2) is 0 Å². The molecule has 1 aromatic carbocycles. The zero-order valence-corrected chi connectivity index (χ0v) is 12.6. The first kappa shape index (κ1) is 15.2. The summed E-state index contributed by atoms with van der Waals surface area (Å²) in [7, 11) is 1.57. The molecule has 114 valence electrons. The molecule has 0 spiro atoms. The minimum Gasteiger partial charge on any atom is -0.497 e. The monoisotopic (exact) mass is 292 g/mol. The number of carbonyl (C=O) groups excluding carboxylic acids is 2. The van der Waals surface area contributed by atoms with E-state index in [2.05, 4.69) is 10.6 Å². The van der Waals surface area contributed by atoms with Gasteiger partial charge in [0.1, 0.15) is 11.4 Å². The van der Waals surface area contributed by atoms with Crippen molar-refractivity contribution >= 4 is 17.7 Å². The minimum absolute atomic E-state index is 0.144. The molecule has 1 aromatic rings. The molecule has 2 rings (SSSR count). The van der Waals surface area contributed by atoms with Crippen LogP contribution in [0.2, 0.25) is 0 Å². The largest absolute Gasteiger partial charge is 0.497 e. The van der Waals surface area contributed by atoms with E-state index < -0.39 is 17.6 Å². The molecule has 0 fully saturated rings. The Kier molecular flexibility index (Phi) is 4.06. The van der Waals surface area contributed by atoms with Crippen LogP contribution in [0.4, 0.5) is 10.5 Å². The molecule has 0 aliphatic carbocycles. The fraction of sp³-hybridized carbons (Fsp3) is 0.467. The van der Waals surface area contributed by atoms with E-state index in [0.29, 0.717) is 5.75 Å². The quantitative estimate of drug-likeness (QED) is 0.896. The first-order valence-electron chi connectivity index (χ1n) is 6.76. The van der Waals surface area contributed by atoms with Crippen LogP contribution in [0.15, 0.2) is 18.2 Å². The summed E-state index contributed by atoms with van der Waals surface area (Å²) in [5.74, 6) is 0.0875. The summed E-state index contributed by atoms with van der Waals surface area (Å²) in [6.45, 7) is 5.54. The maximum atomic E-state index is 12.0. The fourth-order valence-electron chi connectivity index (χ4n) is 2.13. The SMILES string of the molecule is COc1ccc2c(c1)[C@H](CNC(=O)OC(C)(C)C)C(=O)N2. The molecule has 0 unspecified atom stereocenters. The molecule has 1 aliphatic heterocycles. The smallest absolute Gasteiger partial charge is 0.407 e. The summed E-state index contributed by atoms with van der Waals surface area (Å²) in [6, 6.07) is 5.37. The maximum absolute atomic E-state index is 12.0. The van der Waals surface area contributed by atoms with E-state index in [-0.39, 0.29) is 12.5 Å². The van der Waals surface area contributed by atoms with Gasteiger partial charge in [0.2, 0.25) is 5.91 Å². The molecule has 0 radical (unpaired) electrons. The second kappa shape index (κ2) is 5.63. The standard InChI is InChI=1S/C15H20N2O4/c1-15(2,3)21-14(19)16-8-11-10-7-9(20-4)5-6-12(10)17-13(11)18/h5-7,11H,8H2,1-4H3,(H,16,19)(H,17,18)/t11-/m0/s1. The van der Waals surface area contributed by atoms with E-state index in [0.717, 1.165) is 11.3 Å². The summed E-state index contributed by atoms with van der Waals surface area (Å²) in [6.07, 6.45) is -0.536. The first-order chi connectivity index (χ1) is 9.80. The highest BCUT2D eigenvalue weighted by Crippen LogP contribution is 2.34. The van der Waals surface area contributed by atoms with Gasteiger partial charge in [-0.3, -0.25) is 4.79 Å². The van der Waals surface area contributed by atoms with Crippen molar-refractivity contribution in [2.75, 3.05) is 19.0 Å². The molecule has 1 atom stereocenters. The van der Waals surface area contributed by atoms with Crippen molar-refractivity contribution in [1.82, 2.24) is 5.32 Å².